The van der Waals surface area contributed by atoms with Crippen LogP contribution in [0.25, 0.3) is 0 Å². The van der Waals surface area contributed by atoms with Gasteiger partial charge in [-0.15, -0.1) is 0 Å². The number of carbonyl (C=O) groups is 1. The predicted octanol–water partition coefficient (Wildman–Crippen LogP) is 1.27. The van der Waals surface area contributed by atoms with Gasteiger partial charge in [0.2, 0.25) is 5.91 Å². The molecule has 1 aromatic rings. The molecule has 2 fully saturated rings. The fourth-order valence-corrected chi connectivity index (χ4v) is 4.11. The first kappa shape index (κ1) is 18.4. The van der Waals surface area contributed by atoms with Crippen LogP contribution in [0.5, 0.6) is 0 Å². The number of rotatable bonds is 4. The standard InChI is InChI=1S/C20H31N3O2/c1-23-14-10-20(11-15-23,17-6-3-2-4-7-17)18(24)22-16-19(25)8-5-12-21-13-9-19/h2-4,6-7,21,25H,5,8-16H2,1H3,(H,22,24)/t19-/m0/s1. The Hall–Kier alpha value is -1.43. The fraction of sp³-hybridized carbons (Fsp3) is 0.650. The lowest BCUT2D eigenvalue weighted by atomic mass is 9.72. The second-order valence-corrected chi connectivity index (χ2v) is 7.76. The Kier molecular flexibility index (Phi) is 5.77. The van der Waals surface area contributed by atoms with E-state index in [9.17, 15) is 9.90 Å². The van der Waals surface area contributed by atoms with Crippen molar-refractivity contribution in [3.05, 3.63) is 35.9 Å². The molecule has 5 nitrogen and oxygen atoms in total. The summed E-state index contributed by atoms with van der Waals surface area (Å²) in [5.41, 5.74) is -0.176. The molecule has 0 unspecified atom stereocenters. The average Bonchev–Trinajstić information content (AvgIpc) is 2.86. The number of likely N-dealkylation sites (tertiary alicyclic amines) is 1. The highest BCUT2D eigenvalue weighted by Crippen LogP contribution is 2.35. The van der Waals surface area contributed by atoms with Gasteiger partial charge in [0.1, 0.15) is 0 Å². The molecular formula is C20H31N3O2. The Morgan fingerprint density at radius 3 is 2.60 bits per heavy atom. The number of nitrogens with zero attached hydrogens (tertiary/aromatic N) is 1. The van der Waals surface area contributed by atoms with Crippen LogP contribution in [0.2, 0.25) is 0 Å². The number of hydrogen-bond donors (Lipinski definition) is 3. The van der Waals surface area contributed by atoms with Gasteiger partial charge in [-0.3, -0.25) is 4.79 Å². The van der Waals surface area contributed by atoms with Gasteiger partial charge in [0.05, 0.1) is 11.0 Å². The minimum Gasteiger partial charge on any atom is -0.388 e. The number of carbonyl (C=O) groups excluding carboxylic acids is 1. The first-order chi connectivity index (χ1) is 12.0. The lowest BCUT2D eigenvalue weighted by Gasteiger charge is -2.40. The molecule has 1 atom stereocenters. The van der Waals surface area contributed by atoms with E-state index in [1.54, 1.807) is 0 Å². The Bertz CT molecular complexity index is 560. The van der Waals surface area contributed by atoms with E-state index in [1.165, 1.54) is 0 Å². The van der Waals surface area contributed by atoms with E-state index in [0.717, 1.165) is 57.4 Å². The normalized spacial score (nSPS) is 27.4. The topological polar surface area (TPSA) is 64.6 Å². The third kappa shape index (κ3) is 4.22. The van der Waals surface area contributed by atoms with Crippen LogP contribution in [0.4, 0.5) is 0 Å². The van der Waals surface area contributed by atoms with Crippen LogP contribution < -0.4 is 10.6 Å². The second-order valence-electron chi connectivity index (χ2n) is 7.76. The molecule has 0 aliphatic carbocycles. The summed E-state index contributed by atoms with van der Waals surface area (Å²) in [6.45, 7) is 3.92. The highest BCUT2D eigenvalue weighted by Gasteiger charge is 2.43. The third-order valence-electron chi connectivity index (χ3n) is 5.94. The molecule has 0 spiro atoms. The number of amides is 1. The van der Waals surface area contributed by atoms with Crippen LogP contribution in [0.15, 0.2) is 30.3 Å². The third-order valence-corrected chi connectivity index (χ3v) is 5.94. The zero-order valence-corrected chi connectivity index (χ0v) is 15.3. The largest absolute Gasteiger partial charge is 0.388 e. The molecule has 2 heterocycles. The van der Waals surface area contributed by atoms with Crippen molar-refractivity contribution >= 4 is 5.91 Å². The van der Waals surface area contributed by atoms with E-state index in [-0.39, 0.29) is 5.91 Å². The van der Waals surface area contributed by atoms with Crippen LogP contribution in [0.3, 0.4) is 0 Å². The molecule has 138 valence electrons. The zero-order chi connectivity index (χ0) is 17.8. The van der Waals surface area contributed by atoms with Crippen molar-refractivity contribution in [2.75, 3.05) is 39.8 Å². The molecule has 2 saturated heterocycles. The molecule has 25 heavy (non-hydrogen) atoms. The number of benzene rings is 1. The summed E-state index contributed by atoms with van der Waals surface area (Å²) in [6, 6.07) is 10.1. The van der Waals surface area contributed by atoms with Crippen LogP contribution in [0, 0.1) is 0 Å². The van der Waals surface area contributed by atoms with E-state index in [4.69, 9.17) is 0 Å². The summed E-state index contributed by atoms with van der Waals surface area (Å²) in [5.74, 6) is 0.0671. The predicted molar refractivity (Wildman–Crippen MR) is 99.5 cm³/mol. The number of hydrogen-bond acceptors (Lipinski definition) is 4. The summed E-state index contributed by atoms with van der Waals surface area (Å²) in [4.78, 5) is 15.5. The van der Waals surface area contributed by atoms with Crippen LogP contribution in [-0.2, 0) is 10.2 Å². The summed E-state index contributed by atoms with van der Waals surface area (Å²) in [6.07, 6.45) is 4.01. The van der Waals surface area contributed by atoms with Gasteiger partial charge < -0.3 is 20.6 Å². The van der Waals surface area contributed by atoms with Crippen molar-refractivity contribution in [3.63, 3.8) is 0 Å². The monoisotopic (exact) mass is 345 g/mol. The van der Waals surface area contributed by atoms with Gasteiger partial charge >= 0.3 is 0 Å². The van der Waals surface area contributed by atoms with Crippen LogP contribution in [0.1, 0.15) is 37.7 Å². The maximum atomic E-state index is 13.2. The van der Waals surface area contributed by atoms with Crippen molar-refractivity contribution in [1.29, 1.82) is 0 Å². The maximum Gasteiger partial charge on any atom is 0.230 e. The van der Waals surface area contributed by atoms with E-state index >= 15 is 0 Å². The molecule has 3 rings (SSSR count). The smallest absolute Gasteiger partial charge is 0.230 e. The minimum absolute atomic E-state index is 0.0671. The molecular weight excluding hydrogens is 314 g/mol. The van der Waals surface area contributed by atoms with Gasteiger partial charge in [0, 0.05) is 6.54 Å². The summed E-state index contributed by atoms with van der Waals surface area (Å²) < 4.78 is 0. The minimum atomic E-state index is -0.789. The van der Waals surface area contributed by atoms with Gasteiger partial charge in [-0.25, -0.2) is 0 Å². The van der Waals surface area contributed by atoms with Gasteiger partial charge in [-0.2, -0.15) is 0 Å². The van der Waals surface area contributed by atoms with Crippen molar-refractivity contribution in [2.24, 2.45) is 0 Å². The van der Waals surface area contributed by atoms with Gasteiger partial charge in [0.25, 0.3) is 0 Å². The fourth-order valence-electron chi connectivity index (χ4n) is 4.11. The van der Waals surface area contributed by atoms with Gasteiger partial charge in [-0.1, -0.05) is 30.3 Å². The van der Waals surface area contributed by atoms with E-state index in [0.29, 0.717) is 13.0 Å². The number of piperidine rings is 1. The average molecular weight is 345 g/mol. The molecule has 1 aromatic carbocycles. The second kappa shape index (κ2) is 7.85. The lowest BCUT2D eigenvalue weighted by molar-refractivity contribution is -0.130. The van der Waals surface area contributed by atoms with Crippen LogP contribution >= 0.6 is 0 Å². The van der Waals surface area contributed by atoms with Crippen LogP contribution in [-0.4, -0.2) is 61.3 Å². The SMILES string of the molecule is CN1CCC(C(=O)NC[C@]2(O)CCCNCC2)(c2ccccc2)CC1. The van der Waals surface area contributed by atoms with Gasteiger partial charge in [-0.05, 0) is 70.9 Å². The summed E-state index contributed by atoms with van der Waals surface area (Å²) in [5, 5.41) is 17.3. The lowest BCUT2D eigenvalue weighted by Crippen LogP contribution is -2.54. The van der Waals surface area contributed by atoms with Crippen molar-refractivity contribution in [2.45, 2.75) is 43.1 Å². The molecule has 2 aliphatic heterocycles. The molecule has 0 bridgehead atoms. The maximum absolute atomic E-state index is 13.2. The Balaban J connectivity index is 1.73. The summed E-state index contributed by atoms with van der Waals surface area (Å²) in [7, 11) is 2.11. The van der Waals surface area contributed by atoms with Crippen molar-refractivity contribution in [3.8, 4) is 0 Å². The molecule has 2 aliphatic rings. The highest BCUT2D eigenvalue weighted by molar-refractivity contribution is 5.88. The molecule has 5 heteroatoms. The molecule has 1 amide bonds. The molecule has 0 saturated carbocycles. The molecule has 0 aromatic heterocycles. The summed E-state index contributed by atoms with van der Waals surface area (Å²) >= 11 is 0. The first-order valence-corrected chi connectivity index (χ1v) is 9.50. The number of aliphatic hydroxyl groups is 1. The Morgan fingerprint density at radius 1 is 1.16 bits per heavy atom. The van der Waals surface area contributed by atoms with E-state index in [1.807, 2.05) is 18.2 Å². The Morgan fingerprint density at radius 2 is 1.88 bits per heavy atom. The first-order valence-electron chi connectivity index (χ1n) is 9.50. The van der Waals surface area contributed by atoms with Gasteiger partial charge in [0.15, 0.2) is 0 Å². The Labute approximate surface area is 150 Å². The molecule has 3 N–H and O–H groups in total. The van der Waals surface area contributed by atoms with E-state index in [2.05, 4.69) is 34.7 Å². The van der Waals surface area contributed by atoms with Crippen molar-refractivity contribution < 1.29 is 9.90 Å². The van der Waals surface area contributed by atoms with Crippen molar-refractivity contribution in [1.82, 2.24) is 15.5 Å². The highest BCUT2D eigenvalue weighted by atomic mass is 16.3. The number of nitrogens with one attached hydrogen (secondary N) is 2. The zero-order valence-electron chi connectivity index (χ0n) is 15.3. The quantitative estimate of drug-likeness (QED) is 0.769. The molecule has 0 radical (unpaired) electrons. The van der Waals surface area contributed by atoms with E-state index < -0.39 is 11.0 Å².